The van der Waals surface area contributed by atoms with Gasteiger partial charge in [-0.05, 0) is 52.9 Å². The quantitative estimate of drug-likeness (QED) is 0.651. The molecule has 1 aromatic carbocycles. The van der Waals surface area contributed by atoms with Gasteiger partial charge in [0.15, 0.2) is 0 Å². The summed E-state index contributed by atoms with van der Waals surface area (Å²) >= 11 is 3.37. The van der Waals surface area contributed by atoms with E-state index in [1.165, 1.54) is 12.8 Å². The van der Waals surface area contributed by atoms with Crippen LogP contribution in [0.4, 0.5) is 0 Å². The topological polar surface area (TPSA) is 59.1 Å². The first-order valence-corrected chi connectivity index (χ1v) is 5.73. The summed E-state index contributed by atoms with van der Waals surface area (Å²) in [5.41, 5.74) is 6.11. The van der Waals surface area contributed by atoms with Gasteiger partial charge in [-0.1, -0.05) is 0 Å². The number of hydrogen-bond donors (Lipinski definition) is 2. The molecule has 3 N–H and O–H groups in total. The Hall–Kier alpha value is -1.03. The van der Waals surface area contributed by atoms with Crippen LogP contribution in [0.5, 0.6) is 5.75 Å². The zero-order valence-corrected chi connectivity index (χ0v) is 9.88. The van der Waals surface area contributed by atoms with Crippen molar-refractivity contribution in [1.82, 2.24) is 0 Å². The highest BCUT2D eigenvalue weighted by Gasteiger charge is 2.21. The van der Waals surface area contributed by atoms with Gasteiger partial charge in [0.05, 0.1) is 6.61 Å². The highest BCUT2D eigenvalue weighted by molar-refractivity contribution is 9.10. The summed E-state index contributed by atoms with van der Waals surface area (Å²) in [6, 6.07) is 5.51. The standard InChI is InChI=1S/C11H13BrN2O/c12-10-5-8(15-6-7-1-2-7)3-4-9(10)11(13)14/h3-5,7H,1-2,6H2,(H3,13,14). The first-order chi connectivity index (χ1) is 7.16. The summed E-state index contributed by atoms with van der Waals surface area (Å²) in [5, 5.41) is 7.33. The Morgan fingerprint density at radius 2 is 2.27 bits per heavy atom. The van der Waals surface area contributed by atoms with Crippen LogP contribution < -0.4 is 10.5 Å². The van der Waals surface area contributed by atoms with Gasteiger partial charge >= 0.3 is 0 Å². The van der Waals surface area contributed by atoms with Crippen molar-refractivity contribution in [3.05, 3.63) is 28.2 Å². The molecular formula is C11H13BrN2O. The third-order valence-electron chi connectivity index (χ3n) is 2.41. The summed E-state index contributed by atoms with van der Waals surface area (Å²) in [6.07, 6.45) is 2.57. The average Bonchev–Trinajstić information content (AvgIpc) is 2.97. The Morgan fingerprint density at radius 3 is 2.80 bits per heavy atom. The fourth-order valence-corrected chi connectivity index (χ4v) is 1.87. The number of rotatable bonds is 4. The van der Waals surface area contributed by atoms with Crippen LogP contribution >= 0.6 is 15.9 Å². The second-order valence-corrected chi connectivity index (χ2v) is 4.66. The Morgan fingerprint density at radius 1 is 1.53 bits per heavy atom. The molecule has 1 aliphatic carbocycles. The van der Waals surface area contributed by atoms with Gasteiger partial charge in [0.2, 0.25) is 0 Å². The van der Waals surface area contributed by atoms with E-state index in [9.17, 15) is 0 Å². The zero-order valence-electron chi connectivity index (χ0n) is 8.29. The number of nitrogen functional groups attached to an aromatic ring is 1. The molecule has 0 bridgehead atoms. The van der Waals surface area contributed by atoms with Crippen molar-refractivity contribution in [2.75, 3.05) is 6.61 Å². The molecule has 0 unspecified atom stereocenters. The van der Waals surface area contributed by atoms with Crippen molar-refractivity contribution < 1.29 is 4.74 Å². The maximum Gasteiger partial charge on any atom is 0.123 e. The van der Waals surface area contributed by atoms with Crippen LogP contribution in [-0.2, 0) is 0 Å². The average molecular weight is 269 g/mol. The number of amidine groups is 1. The monoisotopic (exact) mass is 268 g/mol. The van der Waals surface area contributed by atoms with Crippen LogP contribution in [0.25, 0.3) is 0 Å². The maximum atomic E-state index is 7.33. The fourth-order valence-electron chi connectivity index (χ4n) is 1.30. The molecule has 0 atom stereocenters. The zero-order chi connectivity index (χ0) is 10.8. The smallest absolute Gasteiger partial charge is 0.123 e. The van der Waals surface area contributed by atoms with E-state index < -0.39 is 0 Å². The second-order valence-electron chi connectivity index (χ2n) is 3.81. The summed E-state index contributed by atoms with van der Waals surface area (Å²) < 4.78 is 6.41. The Bertz CT molecular complexity index is 388. The normalized spacial score (nSPS) is 15.0. The van der Waals surface area contributed by atoms with Gasteiger partial charge in [-0.2, -0.15) is 0 Å². The lowest BCUT2D eigenvalue weighted by molar-refractivity contribution is 0.299. The van der Waals surface area contributed by atoms with Gasteiger partial charge in [0.25, 0.3) is 0 Å². The number of ether oxygens (including phenoxy) is 1. The van der Waals surface area contributed by atoms with Gasteiger partial charge in [0, 0.05) is 10.0 Å². The minimum absolute atomic E-state index is 0.0654. The van der Waals surface area contributed by atoms with Crippen LogP contribution in [0.3, 0.4) is 0 Å². The van der Waals surface area contributed by atoms with E-state index in [1.54, 1.807) is 6.07 Å². The van der Waals surface area contributed by atoms with Crippen LogP contribution in [0.1, 0.15) is 18.4 Å². The number of hydrogen-bond acceptors (Lipinski definition) is 2. The Kier molecular flexibility index (Phi) is 2.95. The molecule has 0 saturated heterocycles. The molecule has 0 radical (unpaired) electrons. The predicted molar refractivity (Wildman–Crippen MR) is 63.4 cm³/mol. The summed E-state index contributed by atoms with van der Waals surface area (Å²) in [4.78, 5) is 0. The number of halogens is 1. The van der Waals surface area contributed by atoms with E-state index >= 15 is 0 Å². The minimum Gasteiger partial charge on any atom is -0.493 e. The SMILES string of the molecule is N=C(N)c1ccc(OCC2CC2)cc1Br. The van der Waals surface area contributed by atoms with E-state index in [2.05, 4.69) is 15.9 Å². The van der Waals surface area contributed by atoms with Crippen molar-refractivity contribution in [1.29, 1.82) is 5.41 Å². The molecule has 15 heavy (non-hydrogen) atoms. The molecule has 4 heteroatoms. The maximum absolute atomic E-state index is 7.33. The molecule has 80 valence electrons. The minimum atomic E-state index is 0.0654. The van der Waals surface area contributed by atoms with Crippen LogP contribution in [0, 0.1) is 11.3 Å². The molecule has 1 aromatic rings. The molecule has 0 spiro atoms. The lowest BCUT2D eigenvalue weighted by Crippen LogP contribution is -2.11. The van der Waals surface area contributed by atoms with Crippen LogP contribution in [-0.4, -0.2) is 12.4 Å². The van der Waals surface area contributed by atoms with Crippen molar-refractivity contribution in [2.24, 2.45) is 11.7 Å². The van der Waals surface area contributed by atoms with E-state index in [-0.39, 0.29) is 5.84 Å². The summed E-state index contributed by atoms with van der Waals surface area (Å²) in [7, 11) is 0. The number of benzene rings is 1. The van der Waals surface area contributed by atoms with Crippen LogP contribution in [0.15, 0.2) is 22.7 Å². The van der Waals surface area contributed by atoms with Crippen molar-refractivity contribution in [3.8, 4) is 5.75 Å². The molecule has 0 aromatic heterocycles. The molecule has 1 saturated carbocycles. The Labute approximate surface area is 97.3 Å². The first kappa shape index (κ1) is 10.5. The molecular weight excluding hydrogens is 256 g/mol. The van der Waals surface area contributed by atoms with E-state index in [0.717, 1.165) is 22.7 Å². The lowest BCUT2D eigenvalue weighted by atomic mass is 10.2. The van der Waals surface area contributed by atoms with E-state index in [0.29, 0.717) is 5.56 Å². The second kappa shape index (κ2) is 4.23. The summed E-state index contributed by atoms with van der Waals surface area (Å²) in [5.74, 6) is 1.64. The number of nitrogens with one attached hydrogen (secondary N) is 1. The van der Waals surface area contributed by atoms with Crippen molar-refractivity contribution in [3.63, 3.8) is 0 Å². The van der Waals surface area contributed by atoms with E-state index in [1.807, 2.05) is 12.1 Å². The summed E-state index contributed by atoms with van der Waals surface area (Å²) in [6.45, 7) is 0.797. The molecule has 0 aliphatic heterocycles. The number of nitrogens with two attached hydrogens (primary N) is 1. The van der Waals surface area contributed by atoms with Crippen molar-refractivity contribution >= 4 is 21.8 Å². The predicted octanol–water partition coefficient (Wildman–Crippen LogP) is 2.52. The largest absolute Gasteiger partial charge is 0.493 e. The molecule has 2 rings (SSSR count). The lowest BCUT2D eigenvalue weighted by Gasteiger charge is -2.07. The highest BCUT2D eigenvalue weighted by atomic mass is 79.9. The van der Waals surface area contributed by atoms with Crippen LogP contribution in [0.2, 0.25) is 0 Å². The first-order valence-electron chi connectivity index (χ1n) is 4.93. The molecule has 0 amide bonds. The van der Waals surface area contributed by atoms with Gasteiger partial charge in [-0.25, -0.2) is 0 Å². The van der Waals surface area contributed by atoms with Crippen molar-refractivity contribution in [2.45, 2.75) is 12.8 Å². The third kappa shape index (κ3) is 2.72. The van der Waals surface area contributed by atoms with Gasteiger partial charge < -0.3 is 10.5 Å². The van der Waals surface area contributed by atoms with Gasteiger partial charge in [0.1, 0.15) is 11.6 Å². The highest BCUT2D eigenvalue weighted by Crippen LogP contribution is 2.30. The molecule has 1 aliphatic rings. The molecule has 1 fully saturated rings. The van der Waals surface area contributed by atoms with Gasteiger partial charge in [-0.15, -0.1) is 0 Å². The van der Waals surface area contributed by atoms with E-state index in [4.69, 9.17) is 15.9 Å². The molecule has 3 nitrogen and oxygen atoms in total. The molecule has 0 heterocycles. The Balaban J connectivity index is 2.06. The van der Waals surface area contributed by atoms with Gasteiger partial charge in [-0.3, -0.25) is 5.41 Å². The third-order valence-corrected chi connectivity index (χ3v) is 3.07. The fraction of sp³-hybridized carbons (Fsp3) is 0.364.